The van der Waals surface area contributed by atoms with Crippen LogP contribution in [0.3, 0.4) is 0 Å². The average Bonchev–Trinajstić information content (AvgIpc) is 2.23. The molecular formula is C13H18ClNO. The summed E-state index contributed by atoms with van der Waals surface area (Å²) in [6.07, 6.45) is 0. The van der Waals surface area contributed by atoms with Gasteiger partial charge in [-0.1, -0.05) is 37.6 Å². The molecule has 0 radical (unpaired) electrons. The summed E-state index contributed by atoms with van der Waals surface area (Å²) in [7, 11) is 0. The fourth-order valence-electron chi connectivity index (χ4n) is 1.28. The number of hydrogen-bond donors (Lipinski definition) is 1. The molecule has 88 valence electrons. The van der Waals surface area contributed by atoms with Crippen molar-refractivity contribution in [3.8, 4) is 0 Å². The zero-order chi connectivity index (χ0) is 12.1. The van der Waals surface area contributed by atoms with Crippen molar-refractivity contribution in [3.63, 3.8) is 0 Å². The van der Waals surface area contributed by atoms with Gasteiger partial charge in [-0.3, -0.25) is 4.79 Å². The maximum Gasteiger partial charge on any atom is 0.149 e. The Kier molecular flexibility index (Phi) is 4.97. The molecule has 0 heterocycles. The van der Waals surface area contributed by atoms with Crippen molar-refractivity contribution in [1.82, 2.24) is 5.32 Å². The van der Waals surface area contributed by atoms with E-state index in [4.69, 9.17) is 11.6 Å². The van der Waals surface area contributed by atoms with E-state index in [9.17, 15) is 4.79 Å². The fraction of sp³-hybridized carbons (Fsp3) is 0.462. The Balaban J connectivity index is 2.43. The summed E-state index contributed by atoms with van der Waals surface area (Å²) in [4.78, 5) is 11.4. The molecule has 0 bridgehead atoms. The molecule has 0 aromatic heterocycles. The van der Waals surface area contributed by atoms with Gasteiger partial charge in [-0.25, -0.2) is 0 Å². The lowest BCUT2D eigenvalue weighted by Gasteiger charge is -2.07. The van der Waals surface area contributed by atoms with Crippen molar-refractivity contribution in [1.29, 1.82) is 0 Å². The SMILES string of the molecule is Cc1ccc(CNCC(=O)C(C)C)cc1Cl. The first kappa shape index (κ1) is 13.2. The van der Waals surface area contributed by atoms with Gasteiger partial charge >= 0.3 is 0 Å². The van der Waals surface area contributed by atoms with Gasteiger partial charge in [0, 0.05) is 17.5 Å². The number of nitrogens with one attached hydrogen (secondary N) is 1. The van der Waals surface area contributed by atoms with Gasteiger partial charge in [0.15, 0.2) is 0 Å². The zero-order valence-electron chi connectivity index (χ0n) is 10.0. The van der Waals surface area contributed by atoms with Crippen LogP contribution >= 0.6 is 11.6 Å². The smallest absolute Gasteiger partial charge is 0.149 e. The van der Waals surface area contributed by atoms with Gasteiger partial charge < -0.3 is 5.32 Å². The van der Waals surface area contributed by atoms with Gasteiger partial charge in [0.1, 0.15) is 5.78 Å². The summed E-state index contributed by atoms with van der Waals surface area (Å²) in [5, 5.41) is 3.89. The quantitative estimate of drug-likeness (QED) is 0.856. The molecule has 0 amide bonds. The maximum absolute atomic E-state index is 11.4. The largest absolute Gasteiger partial charge is 0.306 e. The number of carbonyl (C=O) groups is 1. The number of aryl methyl sites for hydroxylation is 1. The van der Waals surface area contributed by atoms with E-state index < -0.39 is 0 Å². The summed E-state index contributed by atoms with van der Waals surface area (Å²) in [6, 6.07) is 5.95. The van der Waals surface area contributed by atoms with Gasteiger partial charge in [0.05, 0.1) is 6.54 Å². The van der Waals surface area contributed by atoms with Crippen LogP contribution in [0.2, 0.25) is 5.02 Å². The Morgan fingerprint density at radius 2 is 2.12 bits per heavy atom. The Morgan fingerprint density at radius 3 is 2.69 bits per heavy atom. The molecular weight excluding hydrogens is 222 g/mol. The first-order valence-corrected chi connectivity index (χ1v) is 5.87. The molecule has 2 nitrogen and oxygen atoms in total. The Morgan fingerprint density at radius 1 is 1.44 bits per heavy atom. The van der Waals surface area contributed by atoms with Crippen LogP contribution in [0, 0.1) is 12.8 Å². The minimum Gasteiger partial charge on any atom is -0.306 e. The molecule has 3 heteroatoms. The van der Waals surface area contributed by atoms with E-state index in [1.807, 2.05) is 39.0 Å². The van der Waals surface area contributed by atoms with Crippen LogP contribution in [0.15, 0.2) is 18.2 Å². The van der Waals surface area contributed by atoms with E-state index in [2.05, 4.69) is 5.32 Å². The van der Waals surface area contributed by atoms with E-state index in [1.165, 1.54) is 0 Å². The first-order valence-electron chi connectivity index (χ1n) is 5.49. The number of halogens is 1. The van der Waals surface area contributed by atoms with E-state index in [-0.39, 0.29) is 11.7 Å². The predicted octanol–water partition coefficient (Wildman–Crippen LogP) is 2.96. The summed E-state index contributed by atoms with van der Waals surface area (Å²) in [5.41, 5.74) is 2.18. The lowest BCUT2D eigenvalue weighted by molar-refractivity contribution is -0.121. The summed E-state index contributed by atoms with van der Waals surface area (Å²) >= 11 is 6.01. The highest BCUT2D eigenvalue weighted by Gasteiger charge is 2.06. The van der Waals surface area contributed by atoms with Gasteiger partial charge in [-0.2, -0.15) is 0 Å². The number of benzene rings is 1. The molecule has 0 atom stereocenters. The number of hydrogen-bond acceptors (Lipinski definition) is 2. The molecule has 0 aliphatic rings. The Labute approximate surface area is 102 Å². The summed E-state index contributed by atoms with van der Waals surface area (Å²) in [6.45, 7) is 6.89. The third-order valence-electron chi connectivity index (χ3n) is 2.51. The molecule has 0 spiro atoms. The Hall–Kier alpha value is -0.860. The molecule has 16 heavy (non-hydrogen) atoms. The summed E-state index contributed by atoms with van der Waals surface area (Å²) < 4.78 is 0. The average molecular weight is 240 g/mol. The highest BCUT2D eigenvalue weighted by molar-refractivity contribution is 6.31. The molecule has 1 N–H and O–H groups in total. The second kappa shape index (κ2) is 6.02. The minimum absolute atomic E-state index is 0.0918. The van der Waals surface area contributed by atoms with Crippen molar-refractivity contribution in [3.05, 3.63) is 34.3 Å². The van der Waals surface area contributed by atoms with Crippen molar-refractivity contribution < 1.29 is 4.79 Å². The van der Waals surface area contributed by atoms with E-state index in [0.29, 0.717) is 13.1 Å². The predicted molar refractivity (Wildman–Crippen MR) is 67.7 cm³/mol. The molecule has 1 aromatic carbocycles. The number of rotatable bonds is 5. The topological polar surface area (TPSA) is 29.1 Å². The fourth-order valence-corrected chi connectivity index (χ4v) is 1.48. The van der Waals surface area contributed by atoms with Crippen LogP contribution in [-0.4, -0.2) is 12.3 Å². The third-order valence-corrected chi connectivity index (χ3v) is 2.92. The van der Waals surface area contributed by atoms with Crippen LogP contribution < -0.4 is 5.32 Å². The van der Waals surface area contributed by atoms with Gasteiger partial charge in [0.25, 0.3) is 0 Å². The monoisotopic (exact) mass is 239 g/mol. The highest BCUT2D eigenvalue weighted by atomic mass is 35.5. The van der Waals surface area contributed by atoms with Crippen LogP contribution in [0.25, 0.3) is 0 Å². The van der Waals surface area contributed by atoms with Crippen molar-refractivity contribution in [2.45, 2.75) is 27.3 Å². The van der Waals surface area contributed by atoms with Crippen molar-refractivity contribution in [2.24, 2.45) is 5.92 Å². The molecule has 1 aromatic rings. The van der Waals surface area contributed by atoms with Gasteiger partial charge in [0.2, 0.25) is 0 Å². The molecule has 0 fully saturated rings. The lowest BCUT2D eigenvalue weighted by Crippen LogP contribution is -2.25. The number of ketones is 1. The molecule has 0 saturated heterocycles. The summed E-state index contributed by atoms with van der Waals surface area (Å²) in [5.74, 6) is 0.326. The molecule has 0 saturated carbocycles. The minimum atomic E-state index is 0.0918. The highest BCUT2D eigenvalue weighted by Crippen LogP contribution is 2.16. The maximum atomic E-state index is 11.4. The standard InChI is InChI=1S/C13H18ClNO/c1-9(2)13(16)8-15-7-11-5-4-10(3)12(14)6-11/h4-6,9,15H,7-8H2,1-3H3. The molecule has 1 rings (SSSR count). The van der Waals surface area contributed by atoms with E-state index in [0.717, 1.165) is 16.1 Å². The second-order valence-corrected chi connectivity index (χ2v) is 4.72. The normalized spacial score (nSPS) is 10.8. The van der Waals surface area contributed by atoms with Crippen LogP contribution in [0.5, 0.6) is 0 Å². The van der Waals surface area contributed by atoms with Gasteiger partial charge in [-0.05, 0) is 24.1 Å². The second-order valence-electron chi connectivity index (χ2n) is 4.31. The molecule has 0 aliphatic carbocycles. The van der Waals surface area contributed by atoms with E-state index >= 15 is 0 Å². The van der Waals surface area contributed by atoms with Crippen LogP contribution in [0.1, 0.15) is 25.0 Å². The Bertz CT molecular complexity index is 374. The number of carbonyl (C=O) groups excluding carboxylic acids is 1. The lowest BCUT2D eigenvalue weighted by atomic mass is 10.1. The third kappa shape index (κ3) is 3.95. The van der Waals surface area contributed by atoms with E-state index in [1.54, 1.807) is 0 Å². The van der Waals surface area contributed by atoms with Crippen molar-refractivity contribution >= 4 is 17.4 Å². The van der Waals surface area contributed by atoms with Crippen molar-refractivity contribution in [2.75, 3.05) is 6.54 Å². The number of Topliss-reactive ketones (excluding diaryl/α,β-unsaturated/α-hetero) is 1. The van der Waals surface area contributed by atoms with Crippen LogP contribution in [-0.2, 0) is 11.3 Å². The molecule has 0 aliphatic heterocycles. The zero-order valence-corrected chi connectivity index (χ0v) is 10.8. The van der Waals surface area contributed by atoms with Gasteiger partial charge in [-0.15, -0.1) is 0 Å². The molecule has 0 unspecified atom stereocenters. The van der Waals surface area contributed by atoms with Crippen LogP contribution in [0.4, 0.5) is 0 Å². The first-order chi connectivity index (χ1) is 7.50.